The normalized spacial score (nSPS) is 22.9. The standard InChI is InChI=1S/C26H33F3N6O4S/c1-14-4-6-16(7-5-14)22(34-23(36)21-15(2)40-13-31-21)24(37)33-20-10-17(8-9-30-20)18(12-39-3)35-11-19(26(27,28)29)32-25(35)38/h8-10,13-14,16,18-19,22H,4-7,11-12H2,1-3H3,(H,32,38)(H,34,36)(H,30,33,37)/t14?,16?,18?,19-,22?/m0/s1. The number of halogens is 3. The maximum Gasteiger partial charge on any atom is 0.410 e. The Morgan fingerprint density at radius 3 is 2.58 bits per heavy atom. The third kappa shape index (κ3) is 6.89. The average molecular weight is 583 g/mol. The lowest BCUT2D eigenvalue weighted by Gasteiger charge is -2.32. The summed E-state index contributed by atoms with van der Waals surface area (Å²) < 4.78 is 45.0. The molecule has 2 unspecified atom stereocenters. The maximum atomic E-state index is 13.5. The number of methoxy groups -OCH3 is 1. The molecule has 2 aromatic heterocycles. The third-order valence-corrected chi connectivity index (χ3v) is 8.27. The van der Waals surface area contributed by atoms with Crippen LogP contribution in [0.25, 0.3) is 0 Å². The SMILES string of the molecule is COCC(c1ccnc(NC(=O)C(NC(=O)c2ncsc2C)C2CCC(C)CC2)c1)N1C[C@@H](C(F)(F)F)NC1=O. The van der Waals surface area contributed by atoms with Gasteiger partial charge in [-0.15, -0.1) is 11.3 Å². The second-order valence-electron chi connectivity index (χ2n) is 10.4. The molecule has 10 nitrogen and oxygen atoms in total. The minimum Gasteiger partial charge on any atom is -0.382 e. The summed E-state index contributed by atoms with van der Waals surface area (Å²) in [5.74, 6) is -0.296. The molecule has 218 valence electrons. The molecule has 3 N–H and O–H groups in total. The number of aryl methyl sites for hydroxylation is 1. The Morgan fingerprint density at radius 2 is 1.98 bits per heavy atom. The van der Waals surface area contributed by atoms with Gasteiger partial charge in [-0.2, -0.15) is 13.2 Å². The van der Waals surface area contributed by atoms with E-state index >= 15 is 0 Å². The summed E-state index contributed by atoms with van der Waals surface area (Å²) in [6.07, 6.45) is 0.212. The van der Waals surface area contributed by atoms with Crippen molar-refractivity contribution in [3.05, 3.63) is 40.0 Å². The topological polar surface area (TPSA) is 126 Å². The number of carbonyl (C=O) groups is 3. The highest BCUT2D eigenvalue weighted by atomic mass is 32.1. The fraction of sp³-hybridized carbons (Fsp3) is 0.577. The number of amides is 4. The number of rotatable bonds is 9. The van der Waals surface area contributed by atoms with Gasteiger partial charge in [0.05, 0.1) is 24.7 Å². The number of ether oxygens (including phenoxy) is 1. The van der Waals surface area contributed by atoms with Crippen molar-refractivity contribution in [2.24, 2.45) is 11.8 Å². The van der Waals surface area contributed by atoms with Crippen molar-refractivity contribution in [1.82, 2.24) is 25.5 Å². The van der Waals surface area contributed by atoms with E-state index in [9.17, 15) is 27.6 Å². The summed E-state index contributed by atoms with van der Waals surface area (Å²) in [6.45, 7) is 3.30. The van der Waals surface area contributed by atoms with Gasteiger partial charge in [-0.05, 0) is 49.3 Å². The molecule has 2 fully saturated rings. The number of carbonyl (C=O) groups excluding carboxylic acids is 3. The van der Waals surface area contributed by atoms with Gasteiger partial charge in [0.2, 0.25) is 5.91 Å². The summed E-state index contributed by atoms with van der Waals surface area (Å²) in [5.41, 5.74) is 2.29. The van der Waals surface area contributed by atoms with E-state index in [0.29, 0.717) is 11.5 Å². The molecule has 0 spiro atoms. The second-order valence-corrected chi connectivity index (χ2v) is 11.4. The minimum absolute atomic E-state index is 0.0681. The molecule has 14 heteroatoms. The van der Waals surface area contributed by atoms with Gasteiger partial charge in [-0.3, -0.25) is 9.59 Å². The number of hydrogen-bond acceptors (Lipinski definition) is 7. The molecule has 3 heterocycles. The number of pyridine rings is 1. The summed E-state index contributed by atoms with van der Waals surface area (Å²) >= 11 is 1.34. The Kier molecular flexibility index (Phi) is 9.29. The summed E-state index contributed by atoms with van der Waals surface area (Å²) in [4.78, 5) is 49.1. The van der Waals surface area contributed by atoms with Crippen molar-refractivity contribution in [3.63, 3.8) is 0 Å². The lowest BCUT2D eigenvalue weighted by molar-refractivity contribution is -0.150. The van der Waals surface area contributed by atoms with Gasteiger partial charge >= 0.3 is 12.2 Å². The van der Waals surface area contributed by atoms with Crippen LogP contribution in [0.5, 0.6) is 0 Å². The second kappa shape index (κ2) is 12.5. The van der Waals surface area contributed by atoms with Crippen LogP contribution in [0.1, 0.15) is 59.6 Å². The third-order valence-electron chi connectivity index (χ3n) is 7.51. The minimum atomic E-state index is -4.59. The molecule has 0 aromatic carbocycles. The van der Waals surface area contributed by atoms with Gasteiger partial charge in [-0.25, -0.2) is 14.8 Å². The van der Waals surface area contributed by atoms with Crippen molar-refractivity contribution in [2.45, 2.75) is 63.8 Å². The fourth-order valence-electron chi connectivity index (χ4n) is 5.21. The predicted octanol–water partition coefficient (Wildman–Crippen LogP) is 4.05. The molecule has 2 aromatic rings. The molecule has 40 heavy (non-hydrogen) atoms. The Hall–Kier alpha value is -3.26. The van der Waals surface area contributed by atoms with Gasteiger partial charge in [0, 0.05) is 18.2 Å². The van der Waals surface area contributed by atoms with Crippen LogP contribution >= 0.6 is 11.3 Å². The van der Waals surface area contributed by atoms with E-state index in [1.807, 2.05) is 5.32 Å². The van der Waals surface area contributed by atoms with E-state index in [-0.39, 0.29) is 24.0 Å². The number of alkyl halides is 3. The molecule has 1 aliphatic heterocycles. The van der Waals surface area contributed by atoms with Crippen molar-refractivity contribution < 1.29 is 32.3 Å². The average Bonchev–Trinajstić information content (AvgIpc) is 3.52. The van der Waals surface area contributed by atoms with E-state index in [4.69, 9.17) is 4.74 Å². The van der Waals surface area contributed by atoms with Crippen molar-refractivity contribution in [2.75, 3.05) is 25.6 Å². The van der Waals surface area contributed by atoms with Crippen molar-refractivity contribution >= 4 is 35.0 Å². The zero-order valence-corrected chi connectivity index (χ0v) is 23.3. The van der Waals surface area contributed by atoms with Crippen LogP contribution in [0, 0.1) is 18.8 Å². The molecule has 4 amide bonds. The zero-order valence-electron chi connectivity index (χ0n) is 22.5. The molecule has 4 rings (SSSR count). The molecule has 1 saturated heterocycles. The summed E-state index contributed by atoms with van der Waals surface area (Å²) in [7, 11) is 1.38. The Morgan fingerprint density at radius 1 is 1.25 bits per heavy atom. The Balaban J connectivity index is 1.53. The predicted molar refractivity (Wildman–Crippen MR) is 142 cm³/mol. The smallest absolute Gasteiger partial charge is 0.382 e. The molecular formula is C26H33F3N6O4S. The Labute approximate surface area is 234 Å². The number of urea groups is 1. The van der Waals surface area contributed by atoms with Crippen LogP contribution in [-0.2, 0) is 9.53 Å². The van der Waals surface area contributed by atoms with E-state index in [2.05, 4.69) is 27.5 Å². The lowest BCUT2D eigenvalue weighted by Crippen LogP contribution is -2.49. The molecule has 3 atom stereocenters. The number of hydrogen-bond donors (Lipinski definition) is 3. The van der Waals surface area contributed by atoms with Gasteiger partial charge in [0.25, 0.3) is 5.91 Å². The van der Waals surface area contributed by atoms with Crippen LogP contribution in [0.4, 0.5) is 23.8 Å². The van der Waals surface area contributed by atoms with Crippen LogP contribution in [-0.4, -0.2) is 71.2 Å². The molecule has 1 saturated carbocycles. The number of nitrogens with one attached hydrogen (secondary N) is 3. The summed E-state index contributed by atoms with van der Waals surface area (Å²) in [5, 5.41) is 7.60. The number of thiazole rings is 1. The quantitative estimate of drug-likeness (QED) is 0.410. The van der Waals surface area contributed by atoms with E-state index in [1.165, 1.54) is 30.7 Å². The fourth-order valence-corrected chi connectivity index (χ4v) is 5.78. The van der Waals surface area contributed by atoms with Crippen LogP contribution in [0.3, 0.4) is 0 Å². The van der Waals surface area contributed by atoms with E-state index in [1.54, 1.807) is 18.5 Å². The Bertz CT molecular complexity index is 1220. The van der Waals surface area contributed by atoms with Crippen LogP contribution in [0.2, 0.25) is 0 Å². The van der Waals surface area contributed by atoms with Crippen LogP contribution < -0.4 is 16.0 Å². The highest BCUT2D eigenvalue weighted by Gasteiger charge is 2.48. The first-order chi connectivity index (χ1) is 19.0. The monoisotopic (exact) mass is 582 g/mol. The highest BCUT2D eigenvalue weighted by Crippen LogP contribution is 2.33. The first kappa shape index (κ1) is 29.7. The molecular weight excluding hydrogens is 549 g/mol. The van der Waals surface area contributed by atoms with Gasteiger partial charge in [0.15, 0.2) is 0 Å². The number of nitrogens with zero attached hydrogens (tertiary/aromatic N) is 3. The summed E-state index contributed by atoms with van der Waals surface area (Å²) in [6, 6.07) is -1.48. The largest absolute Gasteiger partial charge is 0.410 e. The van der Waals surface area contributed by atoms with E-state index in [0.717, 1.165) is 35.5 Å². The first-order valence-corrected chi connectivity index (χ1v) is 14.0. The first-order valence-electron chi connectivity index (χ1n) is 13.1. The molecule has 1 aliphatic carbocycles. The molecule has 0 radical (unpaired) electrons. The van der Waals surface area contributed by atoms with Gasteiger partial charge < -0.3 is 25.6 Å². The maximum absolute atomic E-state index is 13.5. The van der Waals surface area contributed by atoms with Crippen LogP contribution in [0.15, 0.2) is 23.8 Å². The van der Waals surface area contributed by atoms with Crippen molar-refractivity contribution in [1.29, 1.82) is 0 Å². The van der Waals surface area contributed by atoms with Gasteiger partial charge in [0.1, 0.15) is 23.6 Å². The van der Waals surface area contributed by atoms with Crippen molar-refractivity contribution in [3.8, 4) is 0 Å². The molecule has 0 bridgehead atoms. The van der Waals surface area contributed by atoms with Gasteiger partial charge in [-0.1, -0.05) is 19.8 Å². The highest BCUT2D eigenvalue weighted by molar-refractivity contribution is 7.09. The zero-order chi connectivity index (χ0) is 29.0. The number of anilines is 1. The number of aromatic nitrogens is 2. The lowest BCUT2D eigenvalue weighted by atomic mass is 9.79. The molecule has 2 aliphatic rings. The van der Waals surface area contributed by atoms with E-state index < -0.39 is 48.7 Å².